The SMILES string of the molecule is Nc1cc(Cl)nc(OCCOc2ccccc2)c1. The molecule has 0 aliphatic heterocycles. The van der Waals surface area contributed by atoms with E-state index in [1.807, 2.05) is 30.3 Å². The normalized spacial score (nSPS) is 10.1. The quantitative estimate of drug-likeness (QED) is 0.666. The van der Waals surface area contributed by atoms with Crippen molar-refractivity contribution in [2.24, 2.45) is 0 Å². The number of rotatable bonds is 5. The Bertz CT molecular complexity index is 485. The molecule has 0 saturated heterocycles. The van der Waals surface area contributed by atoms with Crippen LogP contribution in [0.15, 0.2) is 42.5 Å². The molecular weight excluding hydrogens is 252 g/mol. The Balaban J connectivity index is 1.78. The van der Waals surface area contributed by atoms with Crippen molar-refractivity contribution >= 4 is 17.3 Å². The molecule has 1 aromatic heterocycles. The molecule has 94 valence electrons. The van der Waals surface area contributed by atoms with E-state index in [0.29, 0.717) is 29.9 Å². The number of nitrogen functional groups attached to an aromatic ring is 1. The number of halogens is 1. The van der Waals surface area contributed by atoms with Crippen molar-refractivity contribution in [2.45, 2.75) is 0 Å². The molecule has 0 amide bonds. The summed E-state index contributed by atoms with van der Waals surface area (Å²) in [6.45, 7) is 0.805. The molecule has 1 aromatic carbocycles. The molecule has 0 spiro atoms. The number of hydrogen-bond donors (Lipinski definition) is 1. The summed E-state index contributed by atoms with van der Waals surface area (Å²) in [5.41, 5.74) is 6.14. The van der Waals surface area contributed by atoms with Gasteiger partial charge in [-0.1, -0.05) is 29.8 Å². The molecule has 0 radical (unpaired) electrons. The monoisotopic (exact) mass is 264 g/mol. The molecule has 0 atom stereocenters. The molecule has 18 heavy (non-hydrogen) atoms. The Morgan fingerprint density at radius 1 is 1.06 bits per heavy atom. The van der Waals surface area contributed by atoms with Crippen LogP contribution in [0.1, 0.15) is 0 Å². The van der Waals surface area contributed by atoms with E-state index in [1.165, 1.54) is 0 Å². The standard InChI is InChI=1S/C13H13ClN2O2/c14-12-8-10(15)9-13(16-12)18-7-6-17-11-4-2-1-3-5-11/h1-5,8-9H,6-7H2,(H2,15,16). The van der Waals surface area contributed by atoms with Gasteiger partial charge in [0.1, 0.15) is 24.1 Å². The fourth-order valence-electron chi connectivity index (χ4n) is 1.39. The molecule has 0 saturated carbocycles. The number of nitrogens with two attached hydrogens (primary N) is 1. The molecule has 5 heteroatoms. The van der Waals surface area contributed by atoms with Crippen LogP contribution in [0.25, 0.3) is 0 Å². The summed E-state index contributed by atoms with van der Waals surface area (Å²) in [7, 11) is 0. The number of hydrogen-bond acceptors (Lipinski definition) is 4. The number of pyridine rings is 1. The first-order chi connectivity index (χ1) is 8.74. The first-order valence-electron chi connectivity index (χ1n) is 5.48. The van der Waals surface area contributed by atoms with Crippen LogP contribution in [0.5, 0.6) is 11.6 Å². The van der Waals surface area contributed by atoms with E-state index in [2.05, 4.69) is 4.98 Å². The summed E-state index contributed by atoms with van der Waals surface area (Å²) >= 11 is 5.76. The van der Waals surface area contributed by atoms with Gasteiger partial charge in [-0.3, -0.25) is 0 Å². The first kappa shape index (κ1) is 12.5. The number of nitrogens with zero attached hydrogens (tertiary/aromatic N) is 1. The van der Waals surface area contributed by atoms with Crippen molar-refractivity contribution in [3.05, 3.63) is 47.6 Å². The number of benzene rings is 1. The van der Waals surface area contributed by atoms with E-state index in [9.17, 15) is 0 Å². The van der Waals surface area contributed by atoms with Gasteiger partial charge in [0.15, 0.2) is 0 Å². The molecule has 0 aliphatic carbocycles. The lowest BCUT2D eigenvalue weighted by atomic mass is 10.3. The molecule has 2 N–H and O–H groups in total. The van der Waals surface area contributed by atoms with E-state index in [1.54, 1.807) is 12.1 Å². The summed E-state index contributed by atoms with van der Waals surface area (Å²) in [4.78, 5) is 3.99. The summed E-state index contributed by atoms with van der Waals surface area (Å²) < 4.78 is 10.9. The molecule has 2 aromatic rings. The zero-order valence-electron chi connectivity index (χ0n) is 9.67. The van der Waals surface area contributed by atoms with E-state index in [4.69, 9.17) is 26.8 Å². The molecule has 0 fully saturated rings. The lowest BCUT2D eigenvalue weighted by molar-refractivity contribution is 0.212. The summed E-state index contributed by atoms with van der Waals surface area (Å²) in [5, 5.41) is 0.314. The molecule has 0 aliphatic rings. The topological polar surface area (TPSA) is 57.4 Å². The fraction of sp³-hybridized carbons (Fsp3) is 0.154. The van der Waals surface area contributed by atoms with Gasteiger partial charge in [-0.15, -0.1) is 0 Å². The fourth-order valence-corrected chi connectivity index (χ4v) is 1.60. The van der Waals surface area contributed by atoms with Crippen molar-refractivity contribution < 1.29 is 9.47 Å². The number of aromatic nitrogens is 1. The van der Waals surface area contributed by atoms with Crippen molar-refractivity contribution in [1.29, 1.82) is 0 Å². The van der Waals surface area contributed by atoms with Crippen LogP contribution in [0.2, 0.25) is 5.15 Å². The molecule has 0 bridgehead atoms. The maximum Gasteiger partial charge on any atom is 0.216 e. The third-order valence-electron chi connectivity index (χ3n) is 2.14. The van der Waals surface area contributed by atoms with Crippen LogP contribution in [0.4, 0.5) is 5.69 Å². The van der Waals surface area contributed by atoms with Crippen molar-refractivity contribution in [3.63, 3.8) is 0 Å². The maximum absolute atomic E-state index is 5.76. The van der Waals surface area contributed by atoms with Crippen LogP contribution in [0.3, 0.4) is 0 Å². The van der Waals surface area contributed by atoms with Gasteiger partial charge >= 0.3 is 0 Å². The third-order valence-corrected chi connectivity index (χ3v) is 2.33. The van der Waals surface area contributed by atoms with Gasteiger partial charge in [-0.05, 0) is 18.2 Å². The second-order valence-corrected chi connectivity index (χ2v) is 3.96. The second-order valence-electron chi connectivity index (χ2n) is 3.57. The van der Waals surface area contributed by atoms with Crippen LogP contribution in [-0.2, 0) is 0 Å². The van der Waals surface area contributed by atoms with Gasteiger partial charge in [0, 0.05) is 11.8 Å². The van der Waals surface area contributed by atoms with Crippen molar-refractivity contribution in [1.82, 2.24) is 4.98 Å². The minimum Gasteiger partial charge on any atom is -0.490 e. The number of ether oxygens (including phenoxy) is 2. The highest BCUT2D eigenvalue weighted by Crippen LogP contribution is 2.17. The second kappa shape index (κ2) is 6.12. The van der Waals surface area contributed by atoms with Crippen LogP contribution < -0.4 is 15.2 Å². The Hall–Kier alpha value is -1.94. The molecule has 2 rings (SSSR count). The average molecular weight is 265 g/mol. The smallest absolute Gasteiger partial charge is 0.216 e. The van der Waals surface area contributed by atoms with Gasteiger partial charge in [0.2, 0.25) is 5.88 Å². The minimum absolute atomic E-state index is 0.314. The summed E-state index contributed by atoms with van der Waals surface area (Å²) in [6.07, 6.45) is 0. The Labute approximate surface area is 110 Å². The number of para-hydroxylation sites is 1. The van der Waals surface area contributed by atoms with Gasteiger partial charge in [-0.2, -0.15) is 0 Å². The lowest BCUT2D eigenvalue weighted by Gasteiger charge is -2.08. The summed E-state index contributed by atoms with van der Waals surface area (Å²) in [6, 6.07) is 12.7. The highest BCUT2D eigenvalue weighted by Gasteiger charge is 2.00. The van der Waals surface area contributed by atoms with Crippen LogP contribution in [-0.4, -0.2) is 18.2 Å². The van der Waals surface area contributed by atoms with Crippen molar-refractivity contribution in [2.75, 3.05) is 18.9 Å². The molecule has 0 unspecified atom stereocenters. The van der Waals surface area contributed by atoms with E-state index >= 15 is 0 Å². The van der Waals surface area contributed by atoms with E-state index < -0.39 is 0 Å². The zero-order chi connectivity index (χ0) is 12.8. The Kier molecular flexibility index (Phi) is 4.25. The van der Waals surface area contributed by atoms with E-state index in [-0.39, 0.29) is 0 Å². The first-order valence-corrected chi connectivity index (χ1v) is 5.85. The maximum atomic E-state index is 5.76. The third kappa shape index (κ3) is 3.82. The summed E-state index contributed by atoms with van der Waals surface area (Å²) in [5.74, 6) is 1.20. The van der Waals surface area contributed by atoms with E-state index in [0.717, 1.165) is 5.75 Å². The largest absolute Gasteiger partial charge is 0.490 e. The van der Waals surface area contributed by atoms with Gasteiger partial charge < -0.3 is 15.2 Å². The average Bonchev–Trinajstić information content (AvgIpc) is 2.35. The molecule has 4 nitrogen and oxygen atoms in total. The Morgan fingerprint density at radius 3 is 2.50 bits per heavy atom. The highest BCUT2D eigenvalue weighted by atomic mass is 35.5. The van der Waals surface area contributed by atoms with Crippen molar-refractivity contribution in [3.8, 4) is 11.6 Å². The van der Waals surface area contributed by atoms with Gasteiger partial charge in [-0.25, -0.2) is 4.98 Å². The zero-order valence-corrected chi connectivity index (χ0v) is 10.4. The lowest BCUT2D eigenvalue weighted by Crippen LogP contribution is -2.09. The Morgan fingerprint density at radius 2 is 1.78 bits per heavy atom. The molecule has 1 heterocycles. The van der Waals surface area contributed by atoms with Gasteiger partial charge in [0.25, 0.3) is 0 Å². The predicted molar refractivity (Wildman–Crippen MR) is 71.1 cm³/mol. The van der Waals surface area contributed by atoms with Gasteiger partial charge in [0.05, 0.1) is 0 Å². The predicted octanol–water partition coefficient (Wildman–Crippen LogP) is 2.78. The minimum atomic E-state index is 0.314. The number of anilines is 1. The van der Waals surface area contributed by atoms with Crippen LogP contribution >= 0.6 is 11.6 Å². The molecular formula is C13H13ClN2O2. The highest BCUT2D eigenvalue weighted by molar-refractivity contribution is 6.29. The van der Waals surface area contributed by atoms with Crippen LogP contribution in [0, 0.1) is 0 Å².